The van der Waals surface area contributed by atoms with E-state index in [-0.39, 0.29) is 17.7 Å². The number of hydrogen-bond donors (Lipinski definition) is 0. The number of hydrogen-bond acceptors (Lipinski definition) is 8. The number of furan rings is 2. The molecule has 9 nitrogen and oxygen atoms in total. The van der Waals surface area contributed by atoms with Crippen LogP contribution < -0.4 is 0 Å². The van der Waals surface area contributed by atoms with Crippen molar-refractivity contribution in [3.05, 3.63) is 60.2 Å². The number of carbonyl (C=O) groups is 1. The molecule has 0 bridgehead atoms. The van der Waals surface area contributed by atoms with Gasteiger partial charge in [-0.25, -0.2) is 9.69 Å². The summed E-state index contributed by atoms with van der Waals surface area (Å²) in [7, 11) is 0. The Morgan fingerprint density at radius 2 is 2.17 bits per heavy atom. The third-order valence-corrected chi connectivity index (χ3v) is 5.81. The van der Waals surface area contributed by atoms with Crippen molar-refractivity contribution in [2.45, 2.75) is 31.1 Å². The van der Waals surface area contributed by atoms with Gasteiger partial charge in [-0.3, -0.25) is 4.79 Å². The normalized spacial score (nSPS) is 16.4. The Kier molecular flexibility index (Phi) is 4.83. The molecule has 0 N–H and O–H groups in total. The number of tetrazole rings is 1. The summed E-state index contributed by atoms with van der Waals surface area (Å²) in [4.78, 5) is 13.0. The van der Waals surface area contributed by atoms with Gasteiger partial charge in [0.25, 0.3) is 5.91 Å². The standard InChI is InChI=1S/C20H18N6O3S/c1-2-25-20(21-23-24-25)30-12-19(27)26-15(17-8-5-9-28-17)11-14(22-26)18-10-13-6-3-4-7-16(13)29-18/h3-10,15H,2,11-12H2,1H3/t15-/m1/s1. The topological polar surface area (TPSA) is 103 Å². The maximum atomic E-state index is 13.0. The first-order chi connectivity index (χ1) is 14.7. The van der Waals surface area contributed by atoms with E-state index in [1.807, 2.05) is 43.3 Å². The van der Waals surface area contributed by atoms with Crippen LogP contribution in [0, 0.1) is 0 Å². The van der Waals surface area contributed by atoms with Crippen molar-refractivity contribution in [1.82, 2.24) is 25.2 Å². The third kappa shape index (κ3) is 3.39. The lowest BCUT2D eigenvalue weighted by molar-refractivity contribution is -0.130. The first kappa shape index (κ1) is 18.6. The van der Waals surface area contributed by atoms with Crippen molar-refractivity contribution in [3.8, 4) is 0 Å². The van der Waals surface area contributed by atoms with Gasteiger partial charge in [0.1, 0.15) is 23.1 Å². The maximum absolute atomic E-state index is 13.0. The number of hydrazone groups is 1. The van der Waals surface area contributed by atoms with E-state index in [0.717, 1.165) is 11.0 Å². The molecule has 1 aliphatic heterocycles. The second-order valence-corrected chi connectivity index (χ2v) is 7.68. The van der Waals surface area contributed by atoms with E-state index in [2.05, 4.69) is 20.6 Å². The van der Waals surface area contributed by atoms with Crippen LogP contribution in [-0.4, -0.2) is 42.6 Å². The molecule has 5 rings (SSSR count). The highest BCUT2D eigenvalue weighted by atomic mass is 32.2. The molecule has 1 amide bonds. The molecule has 0 fully saturated rings. The van der Waals surface area contributed by atoms with E-state index >= 15 is 0 Å². The van der Waals surface area contributed by atoms with Crippen molar-refractivity contribution >= 4 is 34.3 Å². The molecule has 0 saturated carbocycles. The zero-order valence-corrected chi connectivity index (χ0v) is 17.0. The van der Waals surface area contributed by atoms with Crippen LogP contribution >= 0.6 is 11.8 Å². The summed E-state index contributed by atoms with van der Waals surface area (Å²) in [6.45, 7) is 2.58. The first-order valence-electron chi connectivity index (χ1n) is 9.54. The molecule has 4 aromatic rings. The van der Waals surface area contributed by atoms with Crippen LogP contribution in [0.25, 0.3) is 11.0 Å². The Hall–Kier alpha value is -3.40. The molecular weight excluding hydrogens is 404 g/mol. The number of thioether (sulfide) groups is 1. The Labute approximate surface area is 175 Å². The average Bonchev–Trinajstić information content (AvgIpc) is 3.55. The first-order valence-corrected chi connectivity index (χ1v) is 10.5. The van der Waals surface area contributed by atoms with Gasteiger partial charge in [0.2, 0.25) is 5.16 Å². The van der Waals surface area contributed by atoms with Gasteiger partial charge in [0, 0.05) is 18.4 Å². The number of aromatic nitrogens is 4. The zero-order chi connectivity index (χ0) is 20.5. The molecule has 10 heteroatoms. The molecule has 4 heterocycles. The highest BCUT2D eigenvalue weighted by molar-refractivity contribution is 7.99. The van der Waals surface area contributed by atoms with Crippen LogP contribution in [0.15, 0.2) is 67.8 Å². The minimum absolute atomic E-state index is 0.154. The number of para-hydroxylation sites is 1. The molecule has 1 aromatic carbocycles. The summed E-state index contributed by atoms with van der Waals surface area (Å²) in [6.07, 6.45) is 2.11. The zero-order valence-electron chi connectivity index (χ0n) is 16.1. The minimum atomic E-state index is -0.321. The fraction of sp³-hybridized carbons (Fsp3) is 0.250. The Bertz CT molecular complexity index is 1180. The SMILES string of the molecule is CCn1nnnc1SCC(=O)N1N=C(c2cc3ccccc3o2)C[C@@H]1c1ccco1. The number of aryl methyl sites for hydroxylation is 1. The van der Waals surface area contributed by atoms with E-state index in [0.29, 0.717) is 35.4 Å². The second-order valence-electron chi connectivity index (χ2n) is 6.73. The summed E-state index contributed by atoms with van der Waals surface area (Å²) in [5, 5.41) is 19.2. The molecule has 1 atom stereocenters. The molecule has 152 valence electrons. The number of fused-ring (bicyclic) bond motifs is 1. The van der Waals surface area contributed by atoms with Crippen molar-refractivity contribution in [2.75, 3.05) is 5.75 Å². The maximum Gasteiger partial charge on any atom is 0.253 e. The van der Waals surface area contributed by atoms with Crippen LogP contribution in [0.3, 0.4) is 0 Å². The molecule has 0 radical (unpaired) electrons. The van der Waals surface area contributed by atoms with Crippen LogP contribution in [-0.2, 0) is 11.3 Å². The van der Waals surface area contributed by atoms with Gasteiger partial charge in [-0.15, -0.1) is 5.10 Å². The molecule has 0 unspecified atom stereocenters. The Morgan fingerprint density at radius 1 is 1.27 bits per heavy atom. The number of carbonyl (C=O) groups excluding carboxylic acids is 1. The summed E-state index contributed by atoms with van der Waals surface area (Å²) in [5.74, 6) is 1.35. The number of amides is 1. The number of nitrogens with zero attached hydrogens (tertiary/aromatic N) is 6. The molecular formula is C20H18N6O3S. The monoisotopic (exact) mass is 422 g/mol. The Balaban J connectivity index is 1.41. The van der Waals surface area contributed by atoms with Gasteiger partial charge in [0.15, 0.2) is 5.76 Å². The van der Waals surface area contributed by atoms with E-state index < -0.39 is 0 Å². The van der Waals surface area contributed by atoms with Crippen molar-refractivity contribution < 1.29 is 13.6 Å². The van der Waals surface area contributed by atoms with Crippen LogP contribution in [0.2, 0.25) is 0 Å². The van der Waals surface area contributed by atoms with Crippen molar-refractivity contribution in [1.29, 1.82) is 0 Å². The quantitative estimate of drug-likeness (QED) is 0.438. The van der Waals surface area contributed by atoms with Gasteiger partial charge in [0.05, 0.1) is 12.0 Å². The lowest BCUT2D eigenvalue weighted by Gasteiger charge is -2.19. The van der Waals surface area contributed by atoms with Gasteiger partial charge in [-0.05, 0) is 41.6 Å². The fourth-order valence-corrected chi connectivity index (χ4v) is 4.20. The highest BCUT2D eigenvalue weighted by Gasteiger charge is 2.36. The van der Waals surface area contributed by atoms with Crippen LogP contribution in [0.4, 0.5) is 0 Å². The van der Waals surface area contributed by atoms with E-state index in [9.17, 15) is 4.79 Å². The van der Waals surface area contributed by atoms with Gasteiger partial charge in [-0.1, -0.05) is 30.0 Å². The van der Waals surface area contributed by atoms with Gasteiger partial charge in [-0.2, -0.15) is 5.10 Å². The predicted molar refractivity (Wildman–Crippen MR) is 110 cm³/mol. The predicted octanol–water partition coefficient (Wildman–Crippen LogP) is 3.50. The Morgan fingerprint density at radius 3 is 2.97 bits per heavy atom. The molecule has 0 spiro atoms. The number of benzene rings is 1. The van der Waals surface area contributed by atoms with Crippen molar-refractivity contribution in [2.24, 2.45) is 5.10 Å². The smallest absolute Gasteiger partial charge is 0.253 e. The lowest BCUT2D eigenvalue weighted by Crippen LogP contribution is -2.28. The van der Waals surface area contributed by atoms with E-state index in [1.54, 1.807) is 17.0 Å². The van der Waals surface area contributed by atoms with Crippen molar-refractivity contribution in [3.63, 3.8) is 0 Å². The van der Waals surface area contributed by atoms with Crippen LogP contribution in [0.5, 0.6) is 0 Å². The van der Waals surface area contributed by atoms with Gasteiger partial charge >= 0.3 is 0 Å². The number of rotatable bonds is 6. The van der Waals surface area contributed by atoms with E-state index in [1.165, 1.54) is 16.8 Å². The molecule has 3 aromatic heterocycles. The lowest BCUT2D eigenvalue weighted by atomic mass is 10.1. The van der Waals surface area contributed by atoms with E-state index in [4.69, 9.17) is 8.83 Å². The molecule has 0 aliphatic carbocycles. The summed E-state index contributed by atoms with van der Waals surface area (Å²) in [5.41, 5.74) is 1.50. The minimum Gasteiger partial charge on any atom is -0.467 e. The third-order valence-electron chi connectivity index (χ3n) is 4.87. The largest absolute Gasteiger partial charge is 0.467 e. The summed E-state index contributed by atoms with van der Waals surface area (Å²) >= 11 is 1.29. The molecule has 1 aliphatic rings. The fourth-order valence-electron chi connectivity index (χ4n) is 3.41. The van der Waals surface area contributed by atoms with Crippen LogP contribution in [0.1, 0.15) is 30.9 Å². The molecule has 0 saturated heterocycles. The highest BCUT2D eigenvalue weighted by Crippen LogP contribution is 2.35. The second kappa shape index (κ2) is 7.79. The summed E-state index contributed by atoms with van der Waals surface area (Å²) < 4.78 is 13.2. The average molecular weight is 422 g/mol. The summed E-state index contributed by atoms with van der Waals surface area (Å²) in [6, 6.07) is 13.1. The van der Waals surface area contributed by atoms with Gasteiger partial charge < -0.3 is 8.83 Å². The molecule has 30 heavy (non-hydrogen) atoms.